The monoisotopic (exact) mass is 199 g/mol. The predicted molar refractivity (Wildman–Crippen MR) is 48.8 cm³/mol. The van der Waals surface area contributed by atoms with Crippen molar-refractivity contribution >= 4 is 11.9 Å². The van der Waals surface area contributed by atoms with E-state index in [-0.39, 0.29) is 0 Å². The van der Waals surface area contributed by atoms with Crippen molar-refractivity contribution in [3.05, 3.63) is 11.8 Å². The second kappa shape index (κ2) is 4.64. The highest BCUT2D eigenvalue weighted by atomic mass is 16.4. The molecule has 1 aliphatic rings. The van der Waals surface area contributed by atoms with Crippen molar-refractivity contribution in [3.63, 3.8) is 0 Å². The molecule has 0 atom stereocenters. The minimum Gasteiger partial charge on any atom is -0.477 e. The van der Waals surface area contributed by atoms with E-state index in [1.165, 1.54) is 6.20 Å². The van der Waals surface area contributed by atoms with E-state index in [4.69, 9.17) is 10.2 Å². The van der Waals surface area contributed by atoms with E-state index in [1.54, 1.807) is 4.90 Å². The first-order valence-corrected chi connectivity index (χ1v) is 4.53. The van der Waals surface area contributed by atoms with Crippen LogP contribution in [0.4, 0.5) is 0 Å². The normalized spacial score (nSPS) is 16.1. The van der Waals surface area contributed by atoms with Gasteiger partial charge in [0.2, 0.25) is 0 Å². The fraction of sp³-hybridized carbons (Fsp3) is 0.556. The number of carboxylic acids is 2. The standard InChI is InChI=1S/C9H13NO4/c11-8(12)7(9(13)14)6-10-4-2-1-3-5-10/h6H,1-5H2,(H,11,12)(H,13,14). The zero-order valence-corrected chi connectivity index (χ0v) is 7.77. The molecule has 1 rings (SSSR count). The van der Waals surface area contributed by atoms with Gasteiger partial charge in [0.05, 0.1) is 0 Å². The van der Waals surface area contributed by atoms with E-state index in [1.807, 2.05) is 0 Å². The first-order chi connectivity index (χ1) is 6.61. The highest BCUT2D eigenvalue weighted by Gasteiger charge is 2.18. The molecule has 0 aliphatic carbocycles. The molecule has 14 heavy (non-hydrogen) atoms. The largest absolute Gasteiger partial charge is 0.477 e. The fourth-order valence-corrected chi connectivity index (χ4v) is 1.43. The zero-order chi connectivity index (χ0) is 10.6. The van der Waals surface area contributed by atoms with Crippen LogP contribution in [0.25, 0.3) is 0 Å². The van der Waals surface area contributed by atoms with Crippen LogP contribution >= 0.6 is 0 Å². The number of hydrogen-bond acceptors (Lipinski definition) is 3. The molecule has 0 radical (unpaired) electrons. The molecule has 0 bridgehead atoms. The van der Waals surface area contributed by atoms with Crippen molar-refractivity contribution in [1.29, 1.82) is 0 Å². The lowest BCUT2D eigenvalue weighted by molar-refractivity contribution is -0.140. The molecule has 0 aromatic heterocycles. The Morgan fingerprint density at radius 3 is 1.93 bits per heavy atom. The van der Waals surface area contributed by atoms with Crippen molar-refractivity contribution in [1.82, 2.24) is 4.90 Å². The van der Waals surface area contributed by atoms with Crippen molar-refractivity contribution in [3.8, 4) is 0 Å². The van der Waals surface area contributed by atoms with Gasteiger partial charge in [-0.25, -0.2) is 9.59 Å². The van der Waals surface area contributed by atoms with E-state index in [2.05, 4.69) is 0 Å². The average Bonchev–Trinajstić information content (AvgIpc) is 2.15. The Morgan fingerprint density at radius 2 is 1.50 bits per heavy atom. The van der Waals surface area contributed by atoms with Gasteiger partial charge in [-0.2, -0.15) is 0 Å². The van der Waals surface area contributed by atoms with Gasteiger partial charge >= 0.3 is 11.9 Å². The van der Waals surface area contributed by atoms with Gasteiger partial charge in [-0.1, -0.05) is 0 Å². The van der Waals surface area contributed by atoms with Gasteiger partial charge in [-0.15, -0.1) is 0 Å². The zero-order valence-electron chi connectivity index (χ0n) is 7.77. The molecule has 0 aromatic rings. The number of aliphatic carboxylic acids is 2. The van der Waals surface area contributed by atoms with Crippen LogP contribution < -0.4 is 0 Å². The Morgan fingerprint density at radius 1 is 1.00 bits per heavy atom. The maximum Gasteiger partial charge on any atom is 0.344 e. The summed E-state index contributed by atoms with van der Waals surface area (Å²) in [6.07, 6.45) is 4.33. The summed E-state index contributed by atoms with van der Waals surface area (Å²) in [5, 5.41) is 17.2. The topological polar surface area (TPSA) is 77.8 Å². The average molecular weight is 199 g/mol. The number of hydrogen-bond donors (Lipinski definition) is 2. The van der Waals surface area contributed by atoms with Gasteiger partial charge in [0, 0.05) is 19.3 Å². The molecule has 1 heterocycles. The molecule has 1 aliphatic heterocycles. The highest BCUT2D eigenvalue weighted by Crippen LogP contribution is 2.10. The summed E-state index contributed by atoms with van der Waals surface area (Å²) in [6, 6.07) is 0. The van der Waals surface area contributed by atoms with Gasteiger partial charge in [-0.3, -0.25) is 0 Å². The Balaban J connectivity index is 2.70. The second-order valence-electron chi connectivity index (χ2n) is 3.25. The molecule has 2 N–H and O–H groups in total. The lowest BCUT2D eigenvalue weighted by atomic mass is 10.1. The van der Waals surface area contributed by atoms with Gasteiger partial charge in [0.15, 0.2) is 5.57 Å². The number of rotatable bonds is 3. The predicted octanol–water partition coefficient (Wildman–Crippen LogP) is 0.525. The molecule has 0 aromatic carbocycles. The first-order valence-electron chi connectivity index (χ1n) is 4.53. The molecular formula is C9H13NO4. The SMILES string of the molecule is O=C(O)C(=CN1CCCCC1)C(=O)O. The van der Waals surface area contributed by atoms with Gasteiger partial charge < -0.3 is 15.1 Å². The molecule has 0 spiro atoms. The summed E-state index contributed by atoms with van der Waals surface area (Å²) < 4.78 is 0. The number of likely N-dealkylation sites (tertiary alicyclic amines) is 1. The third-order valence-corrected chi connectivity index (χ3v) is 2.16. The molecule has 0 saturated carbocycles. The molecule has 78 valence electrons. The minimum atomic E-state index is -1.39. The number of piperidine rings is 1. The molecule has 0 unspecified atom stereocenters. The van der Waals surface area contributed by atoms with E-state index in [0.717, 1.165) is 32.4 Å². The van der Waals surface area contributed by atoms with Crippen molar-refractivity contribution in [2.75, 3.05) is 13.1 Å². The second-order valence-corrected chi connectivity index (χ2v) is 3.25. The summed E-state index contributed by atoms with van der Waals surface area (Å²) in [4.78, 5) is 22.8. The third-order valence-electron chi connectivity index (χ3n) is 2.16. The van der Waals surface area contributed by atoms with E-state index >= 15 is 0 Å². The van der Waals surface area contributed by atoms with E-state index < -0.39 is 17.5 Å². The Bertz CT molecular complexity index is 250. The van der Waals surface area contributed by atoms with Crippen LogP contribution in [0, 0.1) is 0 Å². The van der Waals surface area contributed by atoms with E-state index in [9.17, 15) is 9.59 Å². The maximum atomic E-state index is 10.5. The van der Waals surface area contributed by atoms with Crippen LogP contribution in [0.2, 0.25) is 0 Å². The molecule has 5 heteroatoms. The summed E-state index contributed by atoms with van der Waals surface area (Å²) in [5.41, 5.74) is -0.563. The van der Waals surface area contributed by atoms with Crippen LogP contribution in [-0.4, -0.2) is 40.1 Å². The Labute approximate surface area is 81.6 Å². The van der Waals surface area contributed by atoms with Crippen LogP contribution in [0.15, 0.2) is 11.8 Å². The van der Waals surface area contributed by atoms with Gasteiger partial charge in [-0.05, 0) is 19.3 Å². The first kappa shape index (κ1) is 10.6. The number of nitrogens with zero attached hydrogens (tertiary/aromatic N) is 1. The van der Waals surface area contributed by atoms with Crippen LogP contribution in [0.3, 0.4) is 0 Å². The number of carbonyl (C=O) groups is 2. The molecule has 1 saturated heterocycles. The van der Waals surface area contributed by atoms with Crippen LogP contribution in [0.5, 0.6) is 0 Å². The van der Waals surface area contributed by atoms with E-state index in [0.29, 0.717) is 0 Å². The molecule has 0 amide bonds. The molecule has 1 fully saturated rings. The maximum absolute atomic E-state index is 10.5. The third kappa shape index (κ3) is 2.76. The Kier molecular flexibility index (Phi) is 3.50. The smallest absolute Gasteiger partial charge is 0.344 e. The summed E-state index contributed by atoms with van der Waals surface area (Å²) >= 11 is 0. The number of carboxylic acid groups (broad SMARTS) is 2. The van der Waals surface area contributed by atoms with Gasteiger partial charge in [0.25, 0.3) is 0 Å². The van der Waals surface area contributed by atoms with Crippen molar-refractivity contribution in [2.45, 2.75) is 19.3 Å². The van der Waals surface area contributed by atoms with Crippen LogP contribution in [0.1, 0.15) is 19.3 Å². The van der Waals surface area contributed by atoms with Gasteiger partial charge in [0.1, 0.15) is 0 Å². The van der Waals surface area contributed by atoms with Crippen LogP contribution in [-0.2, 0) is 9.59 Å². The highest BCUT2D eigenvalue weighted by molar-refractivity contribution is 6.12. The molecule has 5 nitrogen and oxygen atoms in total. The molecular weight excluding hydrogens is 186 g/mol. The summed E-state index contributed by atoms with van der Waals surface area (Å²) in [7, 11) is 0. The fourth-order valence-electron chi connectivity index (χ4n) is 1.43. The Hall–Kier alpha value is -1.52. The van der Waals surface area contributed by atoms with Crippen molar-refractivity contribution in [2.24, 2.45) is 0 Å². The lowest BCUT2D eigenvalue weighted by Gasteiger charge is -2.25. The summed E-state index contributed by atoms with van der Waals surface area (Å²) in [6.45, 7) is 1.48. The lowest BCUT2D eigenvalue weighted by Crippen LogP contribution is -2.27. The van der Waals surface area contributed by atoms with Crippen molar-refractivity contribution < 1.29 is 19.8 Å². The minimum absolute atomic E-state index is 0.563. The summed E-state index contributed by atoms with van der Waals surface area (Å²) in [5.74, 6) is -2.77. The quantitative estimate of drug-likeness (QED) is 0.393.